The van der Waals surface area contributed by atoms with Crippen molar-refractivity contribution in [3.05, 3.63) is 70.8 Å². The molecule has 1 unspecified atom stereocenters. The zero-order valence-electron chi connectivity index (χ0n) is 12.3. The zero-order valence-corrected chi connectivity index (χ0v) is 12.3. The Kier molecular flexibility index (Phi) is 4.57. The predicted molar refractivity (Wildman–Crippen MR) is 82.6 cm³/mol. The standard InChI is InChI=1S/C18H21NO/c1-4-17(20)19-18(15-11-9-13(2)10-12-15)16-8-6-5-7-14(16)3/h5-12,18H,4H2,1-3H3,(H,19,20). The molecule has 0 saturated carbocycles. The molecule has 0 aliphatic rings. The summed E-state index contributed by atoms with van der Waals surface area (Å²) < 4.78 is 0. The topological polar surface area (TPSA) is 29.1 Å². The molecule has 2 nitrogen and oxygen atoms in total. The van der Waals surface area contributed by atoms with Crippen LogP contribution in [-0.2, 0) is 4.79 Å². The first-order chi connectivity index (χ1) is 9.61. The maximum atomic E-state index is 11.8. The van der Waals surface area contributed by atoms with Crippen LogP contribution in [-0.4, -0.2) is 5.91 Å². The maximum absolute atomic E-state index is 11.8. The number of carbonyl (C=O) groups excluding carboxylic acids is 1. The lowest BCUT2D eigenvalue weighted by atomic mass is 9.94. The van der Waals surface area contributed by atoms with Crippen molar-refractivity contribution in [1.82, 2.24) is 5.32 Å². The van der Waals surface area contributed by atoms with Crippen molar-refractivity contribution in [1.29, 1.82) is 0 Å². The molecule has 2 heteroatoms. The molecule has 1 N–H and O–H groups in total. The van der Waals surface area contributed by atoms with Crippen molar-refractivity contribution in [2.45, 2.75) is 33.2 Å². The maximum Gasteiger partial charge on any atom is 0.220 e. The molecule has 0 bridgehead atoms. The van der Waals surface area contributed by atoms with E-state index in [9.17, 15) is 4.79 Å². The minimum absolute atomic E-state index is 0.0684. The molecule has 20 heavy (non-hydrogen) atoms. The van der Waals surface area contributed by atoms with E-state index >= 15 is 0 Å². The van der Waals surface area contributed by atoms with Crippen LogP contribution in [0.15, 0.2) is 48.5 Å². The first-order valence-electron chi connectivity index (χ1n) is 7.03. The lowest BCUT2D eigenvalue weighted by molar-refractivity contribution is -0.121. The molecule has 0 saturated heterocycles. The number of benzene rings is 2. The van der Waals surface area contributed by atoms with Crippen LogP contribution in [0.2, 0.25) is 0 Å². The molecule has 1 amide bonds. The van der Waals surface area contributed by atoms with Crippen LogP contribution < -0.4 is 5.32 Å². The average molecular weight is 267 g/mol. The SMILES string of the molecule is CCC(=O)NC(c1ccc(C)cc1)c1ccccc1C. The quantitative estimate of drug-likeness (QED) is 0.893. The average Bonchev–Trinajstić information content (AvgIpc) is 2.46. The fraction of sp³-hybridized carbons (Fsp3) is 0.278. The molecule has 2 rings (SSSR count). The molecule has 0 heterocycles. The summed E-state index contributed by atoms with van der Waals surface area (Å²) in [6.45, 7) is 6.02. The van der Waals surface area contributed by atoms with E-state index in [4.69, 9.17) is 0 Å². The van der Waals surface area contributed by atoms with Crippen LogP contribution in [0.4, 0.5) is 0 Å². The molecule has 0 aliphatic carbocycles. The van der Waals surface area contributed by atoms with Crippen LogP contribution in [0.25, 0.3) is 0 Å². The van der Waals surface area contributed by atoms with Crippen molar-refractivity contribution in [3.63, 3.8) is 0 Å². The lowest BCUT2D eigenvalue weighted by Gasteiger charge is -2.21. The van der Waals surface area contributed by atoms with Crippen molar-refractivity contribution in [3.8, 4) is 0 Å². The monoisotopic (exact) mass is 267 g/mol. The highest BCUT2D eigenvalue weighted by Crippen LogP contribution is 2.25. The zero-order chi connectivity index (χ0) is 14.5. The molecule has 0 aromatic heterocycles. The van der Waals surface area contributed by atoms with Gasteiger partial charge in [0.25, 0.3) is 0 Å². The fourth-order valence-corrected chi connectivity index (χ4v) is 2.27. The van der Waals surface area contributed by atoms with Gasteiger partial charge < -0.3 is 5.32 Å². The smallest absolute Gasteiger partial charge is 0.220 e. The normalized spacial score (nSPS) is 11.9. The van der Waals surface area contributed by atoms with Gasteiger partial charge in [-0.05, 0) is 30.5 Å². The van der Waals surface area contributed by atoms with E-state index in [-0.39, 0.29) is 11.9 Å². The molecule has 1 atom stereocenters. The summed E-state index contributed by atoms with van der Waals surface area (Å²) in [6, 6.07) is 16.4. The molecular formula is C18H21NO. The van der Waals surface area contributed by atoms with Gasteiger partial charge in [-0.15, -0.1) is 0 Å². The van der Waals surface area contributed by atoms with E-state index in [1.54, 1.807) is 0 Å². The van der Waals surface area contributed by atoms with Crippen molar-refractivity contribution < 1.29 is 4.79 Å². The second-order valence-electron chi connectivity index (χ2n) is 5.12. The van der Waals surface area contributed by atoms with E-state index < -0.39 is 0 Å². The summed E-state index contributed by atoms with van der Waals surface area (Å²) in [4.78, 5) is 11.8. The van der Waals surface area contributed by atoms with Gasteiger partial charge in [-0.25, -0.2) is 0 Å². The molecular weight excluding hydrogens is 246 g/mol. The summed E-state index contributed by atoms with van der Waals surface area (Å²) in [7, 11) is 0. The van der Waals surface area contributed by atoms with E-state index in [1.165, 1.54) is 11.1 Å². The summed E-state index contributed by atoms with van der Waals surface area (Å²) in [5.74, 6) is 0.0684. The van der Waals surface area contributed by atoms with E-state index in [2.05, 4.69) is 55.6 Å². The minimum atomic E-state index is -0.0794. The first-order valence-corrected chi connectivity index (χ1v) is 7.03. The second kappa shape index (κ2) is 6.38. The van der Waals surface area contributed by atoms with E-state index in [0.29, 0.717) is 6.42 Å². The Morgan fingerprint density at radius 2 is 1.70 bits per heavy atom. The van der Waals surface area contributed by atoms with Gasteiger partial charge in [0.2, 0.25) is 5.91 Å². The first kappa shape index (κ1) is 14.3. The number of nitrogens with one attached hydrogen (secondary N) is 1. The minimum Gasteiger partial charge on any atom is -0.345 e. The van der Waals surface area contributed by atoms with Crippen molar-refractivity contribution in [2.24, 2.45) is 0 Å². The summed E-state index contributed by atoms with van der Waals surface area (Å²) in [5, 5.41) is 3.12. The van der Waals surface area contributed by atoms with E-state index in [0.717, 1.165) is 11.1 Å². The van der Waals surface area contributed by atoms with Crippen molar-refractivity contribution in [2.75, 3.05) is 0 Å². The Labute approximate surface area is 120 Å². The summed E-state index contributed by atoms with van der Waals surface area (Å²) in [5.41, 5.74) is 4.68. The van der Waals surface area contributed by atoms with E-state index in [1.807, 2.05) is 19.1 Å². The number of aryl methyl sites for hydroxylation is 2. The Bertz CT molecular complexity index is 587. The molecule has 0 fully saturated rings. The summed E-state index contributed by atoms with van der Waals surface area (Å²) in [6.07, 6.45) is 0.494. The number of hydrogen-bond donors (Lipinski definition) is 1. The van der Waals surface area contributed by atoms with Crippen LogP contribution in [0, 0.1) is 13.8 Å². The van der Waals surface area contributed by atoms with Crippen LogP contribution in [0.1, 0.15) is 41.6 Å². The number of rotatable bonds is 4. The second-order valence-corrected chi connectivity index (χ2v) is 5.12. The van der Waals surface area contributed by atoms with Gasteiger partial charge in [-0.1, -0.05) is 61.0 Å². The van der Waals surface area contributed by atoms with Gasteiger partial charge in [0.15, 0.2) is 0 Å². The van der Waals surface area contributed by atoms with Gasteiger partial charge in [-0.2, -0.15) is 0 Å². The van der Waals surface area contributed by atoms with Gasteiger partial charge in [0.05, 0.1) is 6.04 Å². The van der Waals surface area contributed by atoms with Crippen LogP contribution in [0.3, 0.4) is 0 Å². The third-order valence-electron chi connectivity index (χ3n) is 3.54. The highest BCUT2D eigenvalue weighted by molar-refractivity contribution is 5.76. The molecule has 104 valence electrons. The number of carbonyl (C=O) groups is 1. The third kappa shape index (κ3) is 3.27. The van der Waals surface area contributed by atoms with Gasteiger partial charge in [0, 0.05) is 6.42 Å². The van der Waals surface area contributed by atoms with Crippen molar-refractivity contribution >= 4 is 5.91 Å². The Morgan fingerprint density at radius 1 is 1.05 bits per heavy atom. The lowest BCUT2D eigenvalue weighted by Crippen LogP contribution is -2.29. The summed E-state index contributed by atoms with van der Waals surface area (Å²) >= 11 is 0. The largest absolute Gasteiger partial charge is 0.345 e. The molecule has 0 radical (unpaired) electrons. The Morgan fingerprint density at radius 3 is 2.30 bits per heavy atom. The molecule has 2 aromatic carbocycles. The van der Waals surface area contributed by atoms with Gasteiger partial charge in [-0.3, -0.25) is 4.79 Å². The number of amides is 1. The molecule has 2 aromatic rings. The third-order valence-corrected chi connectivity index (χ3v) is 3.54. The molecule has 0 aliphatic heterocycles. The van der Waals surface area contributed by atoms with Crippen LogP contribution >= 0.6 is 0 Å². The molecule has 0 spiro atoms. The Hall–Kier alpha value is -2.09. The highest BCUT2D eigenvalue weighted by Gasteiger charge is 2.17. The fourth-order valence-electron chi connectivity index (χ4n) is 2.27. The Balaban J connectivity index is 2.42. The van der Waals surface area contributed by atoms with Gasteiger partial charge >= 0.3 is 0 Å². The van der Waals surface area contributed by atoms with Gasteiger partial charge in [0.1, 0.15) is 0 Å². The predicted octanol–water partition coefficient (Wildman–Crippen LogP) is 3.92. The highest BCUT2D eigenvalue weighted by atomic mass is 16.1. The van der Waals surface area contributed by atoms with Crippen LogP contribution in [0.5, 0.6) is 0 Å². The number of hydrogen-bond acceptors (Lipinski definition) is 1.